The van der Waals surface area contributed by atoms with E-state index in [1.807, 2.05) is 5.38 Å². The normalized spacial score (nSPS) is 11.9. The first kappa shape index (κ1) is 13.0. The molecule has 0 saturated carbocycles. The van der Waals surface area contributed by atoms with Crippen molar-refractivity contribution in [3.05, 3.63) is 40.8 Å². The molecule has 0 aliphatic carbocycles. The molecule has 1 aromatic carbocycles. The summed E-state index contributed by atoms with van der Waals surface area (Å²) in [5.41, 5.74) is 8.44. The number of anilines is 1. The average molecular weight is 283 g/mol. The lowest BCUT2D eigenvalue weighted by molar-refractivity contribution is 0.463. The molecule has 1 aromatic heterocycles. The molecule has 2 N–H and O–H groups in total. The van der Waals surface area contributed by atoms with Crippen LogP contribution in [-0.2, 0) is 16.6 Å². The van der Waals surface area contributed by atoms with E-state index in [9.17, 15) is 8.42 Å². The number of nitrogen functional groups attached to an aromatic ring is 1. The van der Waals surface area contributed by atoms with E-state index in [1.54, 1.807) is 17.6 Å². The van der Waals surface area contributed by atoms with Crippen LogP contribution in [0.4, 0.5) is 5.69 Å². The van der Waals surface area contributed by atoms with Crippen molar-refractivity contribution in [2.45, 2.75) is 11.4 Å². The van der Waals surface area contributed by atoms with Gasteiger partial charge in [-0.1, -0.05) is 6.07 Å². The van der Waals surface area contributed by atoms with Crippen LogP contribution in [0.1, 0.15) is 5.69 Å². The third kappa shape index (κ3) is 2.69. The van der Waals surface area contributed by atoms with Crippen LogP contribution in [-0.4, -0.2) is 24.8 Å². The predicted octanol–water partition coefficient (Wildman–Crippen LogP) is 1.55. The summed E-state index contributed by atoms with van der Waals surface area (Å²) in [4.78, 5) is 4.26. The van der Waals surface area contributed by atoms with E-state index in [2.05, 4.69) is 4.98 Å². The van der Waals surface area contributed by atoms with Crippen molar-refractivity contribution in [3.63, 3.8) is 0 Å². The van der Waals surface area contributed by atoms with Crippen LogP contribution in [0.25, 0.3) is 0 Å². The highest BCUT2D eigenvalue weighted by Gasteiger charge is 2.21. The third-order valence-corrected chi connectivity index (χ3v) is 4.87. The standard InChI is InChI=1S/C11H13N3O2S2/c1-14(6-10-7-17-8-13-10)18(15,16)11-4-2-3-9(12)5-11/h2-5,7-8H,6,12H2,1H3. The molecule has 0 saturated heterocycles. The van der Waals surface area contributed by atoms with Gasteiger partial charge in [-0.25, -0.2) is 13.4 Å². The minimum Gasteiger partial charge on any atom is -0.399 e. The second-order valence-electron chi connectivity index (χ2n) is 3.81. The number of aromatic nitrogens is 1. The summed E-state index contributed by atoms with van der Waals surface area (Å²) in [7, 11) is -1.99. The summed E-state index contributed by atoms with van der Waals surface area (Å²) in [6.45, 7) is 0.251. The molecule has 0 aliphatic heterocycles. The lowest BCUT2D eigenvalue weighted by Gasteiger charge is -2.16. The smallest absolute Gasteiger partial charge is 0.243 e. The number of hydrogen-bond acceptors (Lipinski definition) is 5. The fraction of sp³-hybridized carbons (Fsp3) is 0.182. The first-order valence-corrected chi connectivity index (χ1v) is 7.57. The van der Waals surface area contributed by atoms with Gasteiger partial charge in [0.1, 0.15) is 0 Å². The van der Waals surface area contributed by atoms with E-state index < -0.39 is 10.0 Å². The van der Waals surface area contributed by atoms with E-state index in [-0.39, 0.29) is 11.4 Å². The SMILES string of the molecule is CN(Cc1cscn1)S(=O)(=O)c1cccc(N)c1. The molecule has 0 aliphatic rings. The van der Waals surface area contributed by atoms with Crippen LogP contribution in [0.3, 0.4) is 0 Å². The Balaban J connectivity index is 2.25. The van der Waals surface area contributed by atoms with Gasteiger partial charge < -0.3 is 5.73 Å². The van der Waals surface area contributed by atoms with E-state index >= 15 is 0 Å². The fourth-order valence-electron chi connectivity index (χ4n) is 1.48. The molecule has 96 valence electrons. The molecule has 0 radical (unpaired) electrons. The largest absolute Gasteiger partial charge is 0.399 e. The predicted molar refractivity (Wildman–Crippen MR) is 71.6 cm³/mol. The summed E-state index contributed by atoms with van der Waals surface area (Å²) < 4.78 is 25.8. The zero-order valence-electron chi connectivity index (χ0n) is 9.78. The van der Waals surface area contributed by atoms with Crippen LogP contribution < -0.4 is 5.73 Å². The van der Waals surface area contributed by atoms with E-state index in [1.165, 1.54) is 34.8 Å². The van der Waals surface area contributed by atoms with E-state index in [4.69, 9.17) is 5.73 Å². The zero-order chi connectivity index (χ0) is 13.2. The van der Waals surface area contributed by atoms with Crippen molar-refractivity contribution in [2.75, 3.05) is 12.8 Å². The van der Waals surface area contributed by atoms with Gasteiger partial charge in [0.25, 0.3) is 0 Å². The van der Waals surface area contributed by atoms with Crippen molar-refractivity contribution in [1.29, 1.82) is 0 Å². The van der Waals surface area contributed by atoms with Gasteiger partial charge in [0.2, 0.25) is 10.0 Å². The molecule has 2 rings (SSSR count). The molecule has 2 aromatic rings. The van der Waals surface area contributed by atoms with Crippen molar-refractivity contribution in [3.8, 4) is 0 Å². The number of hydrogen-bond donors (Lipinski definition) is 1. The highest BCUT2D eigenvalue weighted by molar-refractivity contribution is 7.89. The Labute approximate surface area is 110 Å². The lowest BCUT2D eigenvalue weighted by Crippen LogP contribution is -2.26. The minimum atomic E-state index is -3.52. The Bertz CT molecular complexity index is 623. The topological polar surface area (TPSA) is 76.3 Å². The Morgan fingerprint density at radius 3 is 2.83 bits per heavy atom. The molecule has 0 bridgehead atoms. The van der Waals surface area contributed by atoms with Gasteiger partial charge in [-0.15, -0.1) is 11.3 Å². The van der Waals surface area contributed by atoms with Crippen molar-refractivity contribution in [1.82, 2.24) is 9.29 Å². The van der Waals surface area contributed by atoms with Crippen molar-refractivity contribution >= 4 is 27.0 Å². The van der Waals surface area contributed by atoms with Gasteiger partial charge >= 0.3 is 0 Å². The van der Waals surface area contributed by atoms with Crippen molar-refractivity contribution < 1.29 is 8.42 Å². The molecule has 0 amide bonds. The summed E-state index contributed by atoms with van der Waals surface area (Å²) in [6, 6.07) is 6.26. The number of nitrogens with zero attached hydrogens (tertiary/aromatic N) is 2. The number of benzene rings is 1. The first-order valence-electron chi connectivity index (χ1n) is 5.19. The summed E-state index contributed by atoms with van der Waals surface area (Å²) in [5.74, 6) is 0. The van der Waals surface area contributed by atoms with Gasteiger partial charge in [0.05, 0.1) is 22.6 Å². The van der Waals surface area contributed by atoms with Crippen LogP contribution in [0.15, 0.2) is 40.1 Å². The Hall–Kier alpha value is -1.44. The molecular formula is C11H13N3O2S2. The molecule has 0 unspecified atom stereocenters. The molecule has 0 atom stereocenters. The summed E-state index contributed by atoms with van der Waals surface area (Å²) in [6.07, 6.45) is 0. The highest BCUT2D eigenvalue weighted by Crippen LogP contribution is 2.18. The summed E-state index contributed by atoms with van der Waals surface area (Å²) in [5, 5.41) is 1.82. The first-order chi connectivity index (χ1) is 8.50. The van der Waals surface area contributed by atoms with Crippen molar-refractivity contribution in [2.24, 2.45) is 0 Å². The maximum atomic E-state index is 12.3. The summed E-state index contributed by atoms with van der Waals surface area (Å²) >= 11 is 1.44. The monoisotopic (exact) mass is 283 g/mol. The average Bonchev–Trinajstić information content (AvgIpc) is 2.81. The maximum absolute atomic E-state index is 12.3. The molecule has 0 spiro atoms. The lowest BCUT2D eigenvalue weighted by atomic mass is 10.3. The van der Waals surface area contributed by atoms with Crippen LogP contribution in [0, 0.1) is 0 Å². The van der Waals surface area contributed by atoms with Gasteiger partial charge in [0.15, 0.2) is 0 Å². The number of thiazole rings is 1. The second-order valence-corrected chi connectivity index (χ2v) is 6.58. The molecule has 5 nitrogen and oxygen atoms in total. The quantitative estimate of drug-likeness (QED) is 0.864. The number of sulfonamides is 1. The van der Waals surface area contributed by atoms with Crippen LogP contribution >= 0.6 is 11.3 Å². The molecule has 0 fully saturated rings. The van der Waals surface area contributed by atoms with Gasteiger partial charge in [-0.05, 0) is 18.2 Å². The fourth-order valence-corrected chi connectivity index (χ4v) is 3.23. The Morgan fingerprint density at radius 2 is 2.22 bits per heavy atom. The minimum absolute atomic E-state index is 0.195. The van der Waals surface area contributed by atoms with E-state index in [0.29, 0.717) is 5.69 Å². The Morgan fingerprint density at radius 1 is 1.44 bits per heavy atom. The second kappa shape index (κ2) is 5.05. The number of nitrogens with two attached hydrogens (primary N) is 1. The molecular weight excluding hydrogens is 270 g/mol. The van der Waals surface area contributed by atoms with E-state index in [0.717, 1.165) is 5.69 Å². The Kier molecular flexibility index (Phi) is 3.65. The molecule has 7 heteroatoms. The highest BCUT2D eigenvalue weighted by atomic mass is 32.2. The van der Waals surface area contributed by atoms with Gasteiger partial charge in [-0.2, -0.15) is 4.31 Å². The maximum Gasteiger partial charge on any atom is 0.243 e. The molecule has 1 heterocycles. The van der Waals surface area contributed by atoms with Gasteiger partial charge in [0, 0.05) is 18.1 Å². The third-order valence-electron chi connectivity index (χ3n) is 2.43. The molecule has 18 heavy (non-hydrogen) atoms. The van der Waals surface area contributed by atoms with Crippen LogP contribution in [0.5, 0.6) is 0 Å². The number of rotatable bonds is 4. The van der Waals surface area contributed by atoms with Gasteiger partial charge in [-0.3, -0.25) is 0 Å². The zero-order valence-corrected chi connectivity index (χ0v) is 11.4. The van der Waals surface area contributed by atoms with Crippen LogP contribution in [0.2, 0.25) is 0 Å².